The first kappa shape index (κ1) is 17.6. The van der Waals surface area contributed by atoms with E-state index in [1.807, 2.05) is 36.4 Å². The Balaban J connectivity index is 1.32. The van der Waals surface area contributed by atoms with Gasteiger partial charge >= 0.3 is 0 Å². The molecule has 1 aromatic carbocycles. The molecule has 4 bridgehead atoms. The fraction of sp³-hybridized carbons (Fsp3) is 0.458. The van der Waals surface area contributed by atoms with Gasteiger partial charge in [-0.25, -0.2) is 4.98 Å². The van der Waals surface area contributed by atoms with Gasteiger partial charge in [-0.1, -0.05) is 30.3 Å². The smallest absolute Gasteiger partial charge is 0.262 e. The van der Waals surface area contributed by atoms with Crippen molar-refractivity contribution in [1.29, 1.82) is 0 Å². The van der Waals surface area contributed by atoms with Crippen LogP contribution in [0.15, 0.2) is 47.5 Å². The fourth-order valence-electron chi connectivity index (χ4n) is 6.59. The summed E-state index contributed by atoms with van der Waals surface area (Å²) in [4.78, 5) is 32.8. The molecule has 4 saturated carbocycles. The molecule has 7 rings (SSSR count). The molecule has 4 aliphatic carbocycles. The van der Waals surface area contributed by atoms with Crippen molar-refractivity contribution in [2.45, 2.75) is 45.1 Å². The van der Waals surface area contributed by atoms with Crippen LogP contribution >= 0.6 is 11.3 Å². The fourth-order valence-corrected chi connectivity index (χ4v) is 7.59. The highest BCUT2D eigenvalue weighted by Crippen LogP contribution is 2.60. The lowest BCUT2D eigenvalue weighted by Gasteiger charge is -2.56. The predicted molar refractivity (Wildman–Crippen MR) is 115 cm³/mol. The second kappa shape index (κ2) is 6.36. The van der Waals surface area contributed by atoms with E-state index in [9.17, 15) is 9.59 Å². The van der Waals surface area contributed by atoms with Crippen molar-refractivity contribution in [3.05, 3.63) is 53.1 Å². The van der Waals surface area contributed by atoms with Crippen molar-refractivity contribution < 1.29 is 4.79 Å². The third-order valence-corrected chi connectivity index (χ3v) is 8.61. The third-order valence-electron chi connectivity index (χ3n) is 7.52. The molecule has 0 radical (unpaired) electrons. The van der Waals surface area contributed by atoms with Gasteiger partial charge in [0.05, 0.1) is 18.3 Å². The van der Waals surface area contributed by atoms with E-state index in [4.69, 9.17) is 0 Å². The Morgan fingerprint density at radius 1 is 1.07 bits per heavy atom. The number of hydrogen-bond acceptors (Lipinski definition) is 4. The Kier molecular flexibility index (Phi) is 3.86. The summed E-state index contributed by atoms with van der Waals surface area (Å²) in [6.45, 7) is 0.171. The molecular weight excluding hydrogens is 380 g/mol. The molecule has 2 heterocycles. The number of carbonyl (C=O) groups excluding carboxylic acids is 1. The molecule has 0 atom stereocenters. The maximum Gasteiger partial charge on any atom is 0.262 e. The minimum Gasteiger partial charge on any atom is -0.297 e. The quantitative estimate of drug-likeness (QED) is 0.621. The highest BCUT2D eigenvalue weighted by atomic mass is 32.1. The second-order valence-electron chi connectivity index (χ2n) is 9.49. The summed E-state index contributed by atoms with van der Waals surface area (Å²) in [6, 6.07) is 12.0. The Morgan fingerprint density at radius 3 is 2.38 bits per heavy atom. The summed E-state index contributed by atoms with van der Waals surface area (Å²) in [5.41, 5.74) is 0.824. The van der Waals surface area contributed by atoms with E-state index in [0.717, 1.165) is 52.3 Å². The van der Waals surface area contributed by atoms with Crippen LogP contribution in [-0.4, -0.2) is 15.3 Å². The number of ketones is 1. The van der Waals surface area contributed by atoms with Crippen LogP contribution in [0.1, 0.15) is 38.5 Å². The van der Waals surface area contributed by atoms with Crippen molar-refractivity contribution >= 4 is 27.3 Å². The highest BCUT2D eigenvalue weighted by Gasteiger charge is 2.54. The number of fused-ring (bicyclic) bond motifs is 1. The first-order valence-electron chi connectivity index (χ1n) is 10.7. The molecule has 0 amide bonds. The Bertz CT molecular complexity index is 1130. The zero-order chi connectivity index (χ0) is 19.6. The minimum atomic E-state index is -0.174. The van der Waals surface area contributed by atoms with E-state index < -0.39 is 0 Å². The molecule has 4 aliphatic rings. The Hall–Kier alpha value is -2.27. The Labute approximate surface area is 173 Å². The summed E-state index contributed by atoms with van der Waals surface area (Å²) >= 11 is 1.53. The summed E-state index contributed by atoms with van der Waals surface area (Å²) < 4.78 is 1.55. The lowest BCUT2D eigenvalue weighted by atomic mass is 9.48. The van der Waals surface area contributed by atoms with Gasteiger partial charge < -0.3 is 0 Å². The maximum absolute atomic E-state index is 13.4. The largest absolute Gasteiger partial charge is 0.297 e. The molecule has 4 nitrogen and oxygen atoms in total. The maximum atomic E-state index is 13.4. The minimum absolute atomic E-state index is 0.0912. The van der Waals surface area contributed by atoms with E-state index in [-0.39, 0.29) is 23.3 Å². The average molecular weight is 405 g/mol. The van der Waals surface area contributed by atoms with Gasteiger partial charge in [0.15, 0.2) is 5.78 Å². The summed E-state index contributed by atoms with van der Waals surface area (Å²) in [6.07, 6.45) is 8.65. The second-order valence-corrected chi connectivity index (χ2v) is 10.5. The van der Waals surface area contributed by atoms with Gasteiger partial charge in [-0.15, -0.1) is 11.3 Å². The normalized spacial score (nSPS) is 30.1. The molecular formula is C24H24N2O2S. The van der Waals surface area contributed by atoms with E-state index in [1.54, 1.807) is 10.9 Å². The molecule has 2 aromatic heterocycles. The predicted octanol–water partition coefficient (Wildman–Crippen LogP) is 4.91. The van der Waals surface area contributed by atoms with Crippen LogP contribution in [0.4, 0.5) is 0 Å². The van der Waals surface area contributed by atoms with Crippen molar-refractivity contribution in [1.82, 2.24) is 9.55 Å². The van der Waals surface area contributed by atoms with Crippen molar-refractivity contribution in [2.24, 2.45) is 23.2 Å². The molecule has 0 saturated heterocycles. The van der Waals surface area contributed by atoms with Crippen LogP contribution in [0.25, 0.3) is 20.7 Å². The monoisotopic (exact) mass is 404 g/mol. The standard InChI is InChI=1S/C24H24N2O2S/c27-21(24-10-15-6-16(11-24)8-17(7-15)12-24)13-26-14-25-22-19(23(26)28)9-20(29-22)18-4-2-1-3-5-18/h1-5,9,14-17H,6-8,10-13H2. The number of Topliss-reactive ketones (excluding diaryl/α,β-unsaturated/α-hetero) is 1. The van der Waals surface area contributed by atoms with Crippen molar-refractivity contribution in [2.75, 3.05) is 0 Å². The summed E-state index contributed by atoms with van der Waals surface area (Å²) in [7, 11) is 0. The van der Waals surface area contributed by atoms with Gasteiger partial charge in [-0.3, -0.25) is 14.2 Å². The molecule has 3 aromatic rings. The lowest BCUT2D eigenvalue weighted by molar-refractivity contribution is -0.144. The SMILES string of the molecule is O=C(Cn1cnc2sc(-c3ccccc3)cc2c1=O)C12CC3CC(CC(C3)C1)C2. The number of hydrogen-bond donors (Lipinski definition) is 0. The van der Waals surface area contributed by atoms with E-state index >= 15 is 0 Å². The van der Waals surface area contributed by atoms with Crippen molar-refractivity contribution in [3.8, 4) is 10.4 Å². The van der Waals surface area contributed by atoms with Crippen LogP contribution < -0.4 is 5.56 Å². The van der Waals surface area contributed by atoms with E-state index in [1.165, 1.54) is 30.6 Å². The number of benzene rings is 1. The highest BCUT2D eigenvalue weighted by molar-refractivity contribution is 7.21. The first-order valence-corrected chi connectivity index (χ1v) is 11.5. The molecule has 0 aliphatic heterocycles. The number of thiophene rings is 1. The lowest BCUT2D eigenvalue weighted by Crippen LogP contribution is -2.51. The number of aromatic nitrogens is 2. The van der Waals surface area contributed by atoms with Crippen LogP contribution in [0, 0.1) is 23.2 Å². The van der Waals surface area contributed by atoms with Gasteiger partial charge in [0.25, 0.3) is 5.56 Å². The number of rotatable bonds is 4. The van der Waals surface area contributed by atoms with Gasteiger partial charge in [-0.05, 0) is 67.9 Å². The molecule has 148 valence electrons. The van der Waals surface area contributed by atoms with E-state index in [2.05, 4.69) is 4.98 Å². The first-order chi connectivity index (χ1) is 14.1. The summed E-state index contributed by atoms with van der Waals surface area (Å²) in [5.74, 6) is 2.45. The topological polar surface area (TPSA) is 52.0 Å². The summed E-state index contributed by atoms with van der Waals surface area (Å²) in [5, 5.41) is 0.620. The van der Waals surface area contributed by atoms with Gasteiger partial charge in [0.1, 0.15) is 4.83 Å². The van der Waals surface area contributed by atoms with Crippen LogP contribution in [-0.2, 0) is 11.3 Å². The van der Waals surface area contributed by atoms with Crippen LogP contribution in [0.3, 0.4) is 0 Å². The van der Waals surface area contributed by atoms with E-state index in [0.29, 0.717) is 5.39 Å². The molecule has 0 unspecified atom stereocenters. The number of carbonyl (C=O) groups is 1. The molecule has 0 spiro atoms. The molecule has 29 heavy (non-hydrogen) atoms. The molecule has 5 heteroatoms. The van der Waals surface area contributed by atoms with Crippen LogP contribution in [0.2, 0.25) is 0 Å². The van der Waals surface area contributed by atoms with Gasteiger partial charge in [-0.2, -0.15) is 0 Å². The average Bonchev–Trinajstić information content (AvgIpc) is 3.15. The van der Waals surface area contributed by atoms with Gasteiger partial charge in [0.2, 0.25) is 0 Å². The Morgan fingerprint density at radius 2 is 1.72 bits per heavy atom. The van der Waals surface area contributed by atoms with Gasteiger partial charge in [0, 0.05) is 10.3 Å². The number of nitrogens with zero attached hydrogens (tertiary/aromatic N) is 2. The zero-order valence-corrected chi connectivity index (χ0v) is 17.2. The molecule has 4 fully saturated rings. The van der Waals surface area contributed by atoms with Crippen LogP contribution in [0.5, 0.6) is 0 Å². The zero-order valence-electron chi connectivity index (χ0n) is 16.3. The van der Waals surface area contributed by atoms with Crippen molar-refractivity contribution in [3.63, 3.8) is 0 Å². The molecule has 0 N–H and O–H groups in total. The third kappa shape index (κ3) is 2.82.